The summed E-state index contributed by atoms with van der Waals surface area (Å²) in [7, 11) is -3.65. The van der Waals surface area contributed by atoms with E-state index in [0.717, 1.165) is 24.0 Å². The number of benzene rings is 1. The Bertz CT molecular complexity index is 1010. The van der Waals surface area contributed by atoms with Crippen LogP contribution in [0.1, 0.15) is 11.4 Å². The summed E-state index contributed by atoms with van der Waals surface area (Å²) < 4.78 is 23.0. The molecule has 0 aliphatic carbocycles. The van der Waals surface area contributed by atoms with Crippen LogP contribution in [-0.4, -0.2) is 24.9 Å². The Morgan fingerprint density at radius 1 is 1.21 bits per heavy atom. The highest BCUT2D eigenvalue weighted by molar-refractivity contribution is 7.89. The SMILES string of the molecule is NS(=O)(=O)c1ccc(CC[NH2+]Cc2nc3ccsc3c(=O)[nH]2)cc1. The molecule has 0 radical (unpaired) electrons. The van der Waals surface area contributed by atoms with E-state index in [9.17, 15) is 13.2 Å². The first kappa shape index (κ1) is 16.8. The lowest BCUT2D eigenvalue weighted by molar-refractivity contribution is -0.671. The second kappa shape index (κ2) is 6.81. The van der Waals surface area contributed by atoms with Crippen molar-refractivity contribution in [2.75, 3.05) is 6.54 Å². The molecular formula is C15H17N4O3S2+. The van der Waals surface area contributed by atoms with Gasteiger partial charge >= 0.3 is 0 Å². The van der Waals surface area contributed by atoms with Gasteiger partial charge in [-0.25, -0.2) is 18.5 Å². The van der Waals surface area contributed by atoms with Gasteiger partial charge in [0, 0.05) is 6.42 Å². The molecule has 3 aromatic rings. The third-order valence-corrected chi connectivity index (χ3v) is 5.42. The van der Waals surface area contributed by atoms with E-state index in [-0.39, 0.29) is 10.5 Å². The molecule has 1 aromatic carbocycles. The van der Waals surface area contributed by atoms with E-state index >= 15 is 0 Å². The summed E-state index contributed by atoms with van der Waals surface area (Å²) in [5, 5.41) is 8.97. The van der Waals surface area contributed by atoms with Crippen LogP contribution in [0.5, 0.6) is 0 Å². The van der Waals surface area contributed by atoms with Gasteiger partial charge in [-0.1, -0.05) is 12.1 Å². The van der Waals surface area contributed by atoms with E-state index in [1.54, 1.807) is 12.1 Å². The van der Waals surface area contributed by atoms with E-state index in [2.05, 4.69) is 9.97 Å². The number of aromatic amines is 1. The first-order chi connectivity index (χ1) is 11.4. The van der Waals surface area contributed by atoms with Gasteiger partial charge < -0.3 is 10.3 Å². The van der Waals surface area contributed by atoms with Crippen LogP contribution in [0.4, 0.5) is 0 Å². The van der Waals surface area contributed by atoms with Crippen molar-refractivity contribution >= 4 is 31.6 Å². The number of H-pyrrole nitrogens is 1. The molecule has 2 heterocycles. The van der Waals surface area contributed by atoms with Crippen molar-refractivity contribution in [2.45, 2.75) is 17.9 Å². The average Bonchev–Trinajstić information content (AvgIpc) is 3.00. The normalized spacial score (nSPS) is 11.9. The quantitative estimate of drug-likeness (QED) is 0.530. The van der Waals surface area contributed by atoms with Crippen molar-refractivity contribution < 1.29 is 13.7 Å². The lowest BCUT2D eigenvalue weighted by Crippen LogP contribution is -2.83. The van der Waals surface area contributed by atoms with Crippen LogP contribution in [0.2, 0.25) is 0 Å². The van der Waals surface area contributed by atoms with E-state index in [1.165, 1.54) is 23.5 Å². The molecule has 126 valence electrons. The van der Waals surface area contributed by atoms with Gasteiger partial charge in [0.05, 0.1) is 17.0 Å². The summed E-state index contributed by atoms with van der Waals surface area (Å²) in [4.78, 5) is 19.2. The third kappa shape index (κ3) is 3.88. The predicted molar refractivity (Wildman–Crippen MR) is 92.3 cm³/mol. The fraction of sp³-hybridized carbons (Fsp3) is 0.200. The molecule has 0 atom stereocenters. The summed E-state index contributed by atoms with van der Waals surface area (Å²) in [6.07, 6.45) is 0.774. The second-order valence-corrected chi connectivity index (χ2v) is 7.85. The molecule has 0 unspecified atom stereocenters. The molecule has 0 bridgehead atoms. The molecule has 5 N–H and O–H groups in total. The Balaban J connectivity index is 1.55. The fourth-order valence-electron chi connectivity index (χ4n) is 2.37. The van der Waals surface area contributed by atoms with Gasteiger partial charge in [-0.3, -0.25) is 4.79 Å². The van der Waals surface area contributed by atoms with Crippen LogP contribution < -0.4 is 16.0 Å². The Labute approximate surface area is 142 Å². The first-order valence-electron chi connectivity index (χ1n) is 7.33. The number of nitrogens with zero attached hydrogens (tertiary/aromatic N) is 1. The Kier molecular flexibility index (Phi) is 4.76. The highest BCUT2D eigenvalue weighted by Gasteiger charge is 2.08. The number of rotatable bonds is 6. The van der Waals surface area contributed by atoms with Crippen molar-refractivity contribution in [3.8, 4) is 0 Å². The number of quaternary nitrogens is 1. The van der Waals surface area contributed by atoms with Crippen molar-refractivity contribution in [1.82, 2.24) is 9.97 Å². The van der Waals surface area contributed by atoms with Crippen molar-refractivity contribution in [2.24, 2.45) is 5.14 Å². The smallest absolute Gasteiger partial charge is 0.269 e. The third-order valence-electron chi connectivity index (χ3n) is 3.59. The number of nitrogens with two attached hydrogens (primary N) is 2. The summed E-state index contributed by atoms with van der Waals surface area (Å²) in [6.45, 7) is 1.37. The van der Waals surface area contributed by atoms with Crippen LogP contribution in [0.25, 0.3) is 10.2 Å². The molecule has 0 amide bonds. The van der Waals surface area contributed by atoms with Gasteiger partial charge in [0.2, 0.25) is 10.0 Å². The number of sulfonamides is 1. The summed E-state index contributed by atoms with van der Waals surface area (Å²) >= 11 is 1.38. The van der Waals surface area contributed by atoms with Crippen LogP contribution in [0.15, 0.2) is 45.4 Å². The number of aromatic nitrogens is 2. The van der Waals surface area contributed by atoms with Gasteiger partial charge in [-0.15, -0.1) is 11.3 Å². The molecule has 24 heavy (non-hydrogen) atoms. The number of thiophene rings is 1. The molecule has 2 aromatic heterocycles. The molecule has 0 aliphatic heterocycles. The van der Waals surface area contributed by atoms with Crippen molar-refractivity contribution in [1.29, 1.82) is 0 Å². The first-order valence-corrected chi connectivity index (χ1v) is 9.76. The fourth-order valence-corrected chi connectivity index (χ4v) is 3.61. The zero-order valence-electron chi connectivity index (χ0n) is 12.7. The van der Waals surface area contributed by atoms with Gasteiger partial charge in [-0.05, 0) is 29.1 Å². The van der Waals surface area contributed by atoms with Gasteiger partial charge in [0.15, 0.2) is 5.82 Å². The molecule has 9 heteroatoms. The van der Waals surface area contributed by atoms with Crippen molar-refractivity contribution in [3.63, 3.8) is 0 Å². The Morgan fingerprint density at radius 3 is 2.67 bits per heavy atom. The second-order valence-electron chi connectivity index (χ2n) is 5.37. The van der Waals surface area contributed by atoms with E-state index in [0.29, 0.717) is 17.1 Å². The monoisotopic (exact) mass is 365 g/mol. The lowest BCUT2D eigenvalue weighted by atomic mass is 10.1. The molecule has 0 spiro atoms. The molecule has 0 saturated heterocycles. The number of primary sulfonamides is 1. The maximum absolute atomic E-state index is 11.9. The summed E-state index contributed by atoms with van der Waals surface area (Å²) in [5.74, 6) is 0.649. The number of hydrogen-bond acceptors (Lipinski definition) is 5. The highest BCUT2D eigenvalue weighted by Crippen LogP contribution is 2.13. The van der Waals surface area contributed by atoms with Gasteiger partial charge in [-0.2, -0.15) is 0 Å². The predicted octanol–water partition coefficient (Wildman–Crippen LogP) is -0.0619. The average molecular weight is 365 g/mol. The zero-order chi connectivity index (χ0) is 17.2. The van der Waals surface area contributed by atoms with E-state index in [4.69, 9.17) is 5.14 Å². The summed E-state index contributed by atoms with van der Waals surface area (Å²) in [5.41, 5.74) is 1.65. The lowest BCUT2D eigenvalue weighted by Gasteiger charge is -2.03. The zero-order valence-corrected chi connectivity index (χ0v) is 14.4. The number of fused-ring (bicyclic) bond motifs is 1. The molecule has 3 rings (SSSR count). The maximum atomic E-state index is 11.9. The summed E-state index contributed by atoms with van der Waals surface area (Å²) in [6, 6.07) is 8.37. The molecule has 0 saturated carbocycles. The van der Waals surface area contributed by atoms with Crippen LogP contribution in [-0.2, 0) is 23.0 Å². The van der Waals surface area contributed by atoms with Crippen LogP contribution in [0.3, 0.4) is 0 Å². The minimum absolute atomic E-state index is 0.100. The minimum Gasteiger partial charge on any atom is -0.340 e. The van der Waals surface area contributed by atoms with E-state index < -0.39 is 10.0 Å². The largest absolute Gasteiger partial charge is 0.340 e. The van der Waals surface area contributed by atoms with Crippen LogP contribution in [0, 0.1) is 0 Å². The molecule has 0 fully saturated rings. The standard InChI is InChI=1S/C15H16N4O3S2/c16-24(21,22)11-3-1-10(2-4-11)5-7-17-9-13-18-12-6-8-23-14(12)15(20)19-13/h1-4,6,8,17H,5,7,9H2,(H2,16,21,22)(H,18,19,20)/p+1. The van der Waals surface area contributed by atoms with Gasteiger partial charge in [0.25, 0.3) is 5.56 Å². The minimum atomic E-state index is -3.65. The molecular weight excluding hydrogens is 348 g/mol. The Morgan fingerprint density at radius 2 is 1.96 bits per heavy atom. The topological polar surface area (TPSA) is 123 Å². The van der Waals surface area contributed by atoms with E-state index in [1.807, 2.05) is 16.8 Å². The van der Waals surface area contributed by atoms with Gasteiger partial charge in [0.1, 0.15) is 11.2 Å². The molecule has 7 nitrogen and oxygen atoms in total. The van der Waals surface area contributed by atoms with Crippen LogP contribution >= 0.6 is 11.3 Å². The Hall–Kier alpha value is -2.07. The number of hydrogen-bond donors (Lipinski definition) is 3. The molecule has 0 aliphatic rings. The maximum Gasteiger partial charge on any atom is 0.269 e. The number of nitrogens with one attached hydrogen (secondary N) is 1. The van der Waals surface area contributed by atoms with Crippen molar-refractivity contribution in [3.05, 3.63) is 57.5 Å². The highest BCUT2D eigenvalue weighted by atomic mass is 32.2.